The highest BCUT2D eigenvalue weighted by molar-refractivity contribution is 5.73. The van der Waals surface area contributed by atoms with Gasteiger partial charge in [0.15, 0.2) is 0 Å². The van der Waals surface area contributed by atoms with Crippen LogP contribution < -0.4 is 10.5 Å². The minimum Gasteiger partial charge on any atom is -0.488 e. The first kappa shape index (κ1) is 19.0. The third-order valence-electron chi connectivity index (χ3n) is 4.06. The Morgan fingerprint density at radius 1 is 1.18 bits per heavy atom. The van der Waals surface area contributed by atoms with E-state index in [4.69, 9.17) is 4.74 Å². The van der Waals surface area contributed by atoms with Crippen molar-refractivity contribution in [3.8, 4) is 5.88 Å². The average Bonchev–Trinajstić information content (AvgIpc) is 2.66. The summed E-state index contributed by atoms with van der Waals surface area (Å²) in [6, 6.07) is 4.63. The van der Waals surface area contributed by atoms with Crippen LogP contribution in [0.3, 0.4) is 0 Å². The maximum absolute atomic E-state index is 11.6. The van der Waals surface area contributed by atoms with E-state index in [1.807, 2.05) is 4.90 Å². The highest BCUT2D eigenvalue weighted by Crippen LogP contribution is 2.30. The number of nitrogens with one attached hydrogen (secondary N) is 1. The largest absolute Gasteiger partial charge is 0.488 e. The summed E-state index contributed by atoms with van der Waals surface area (Å²) in [6.45, 7) is 2.06. The molecule has 2 N–H and O–H groups in total. The highest BCUT2D eigenvalue weighted by atomic mass is 16.6. The smallest absolute Gasteiger partial charge is 0.395 e. The minimum atomic E-state index is -1.11. The van der Waals surface area contributed by atoms with Crippen molar-refractivity contribution >= 4 is 29.2 Å². The first-order chi connectivity index (χ1) is 13.4. The summed E-state index contributed by atoms with van der Waals surface area (Å²) in [7, 11) is 0. The fraction of sp³-hybridized carbons (Fsp3) is 0.250. The molecular weight excluding hydrogens is 374 g/mol. The van der Waals surface area contributed by atoms with Gasteiger partial charge in [-0.25, -0.2) is 0 Å². The number of anilines is 1. The van der Waals surface area contributed by atoms with Gasteiger partial charge in [-0.2, -0.15) is 4.98 Å². The number of nitrogens with zero attached hydrogens (tertiary/aromatic N) is 4. The zero-order chi connectivity index (χ0) is 20.3. The lowest BCUT2D eigenvalue weighted by Crippen LogP contribution is -2.36. The Bertz CT molecular complexity index is 1010. The van der Waals surface area contributed by atoms with Crippen molar-refractivity contribution in [2.24, 2.45) is 0 Å². The van der Waals surface area contributed by atoms with Crippen LogP contribution in [-0.2, 0) is 4.74 Å². The van der Waals surface area contributed by atoms with Crippen molar-refractivity contribution in [3.63, 3.8) is 0 Å². The molecule has 1 fully saturated rings. The molecule has 0 bridgehead atoms. The molecule has 0 unspecified atom stereocenters. The second-order valence-electron chi connectivity index (χ2n) is 5.82. The molecule has 0 atom stereocenters. The summed E-state index contributed by atoms with van der Waals surface area (Å²) in [5.41, 5.74) is -1.32. The van der Waals surface area contributed by atoms with E-state index in [9.17, 15) is 30.1 Å². The monoisotopic (exact) mass is 389 g/mol. The van der Waals surface area contributed by atoms with E-state index < -0.39 is 27.0 Å². The number of ether oxygens (including phenoxy) is 1. The van der Waals surface area contributed by atoms with E-state index in [2.05, 4.69) is 9.97 Å². The highest BCUT2D eigenvalue weighted by Gasteiger charge is 2.22. The second kappa shape index (κ2) is 7.84. The lowest BCUT2D eigenvalue weighted by molar-refractivity contribution is -0.387. The maximum atomic E-state index is 11.6. The van der Waals surface area contributed by atoms with E-state index in [1.54, 1.807) is 12.1 Å². The van der Waals surface area contributed by atoms with Crippen molar-refractivity contribution in [3.05, 3.63) is 60.2 Å². The number of rotatable bonds is 5. The Kier molecular flexibility index (Phi) is 5.31. The number of aromatic nitrogens is 2. The number of benzene rings is 1. The normalized spacial score (nSPS) is 14.4. The molecule has 2 aromatic rings. The number of aromatic hydroxyl groups is 1. The van der Waals surface area contributed by atoms with Crippen LogP contribution in [0.5, 0.6) is 5.88 Å². The van der Waals surface area contributed by atoms with Crippen LogP contribution in [0, 0.1) is 20.2 Å². The van der Waals surface area contributed by atoms with Crippen molar-refractivity contribution < 1.29 is 19.7 Å². The molecule has 0 spiro atoms. The first-order valence-corrected chi connectivity index (χ1v) is 8.13. The van der Waals surface area contributed by atoms with E-state index in [0.717, 1.165) is 0 Å². The summed E-state index contributed by atoms with van der Waals surface area (Å²) in [4.78, 5) is 39.8. The zero-order valence-corrected chi connectivity index (χ0v) is 14.4. The lowest BCUT2D eigenvalue weighted by Gasteiger charge is -2.28. The van der Waals surface area contributed by atoms with Gasteiger partial charge in [0, 0.05) is 19.2 Å². The molecule has 0 aliphatic carbocycles. The molecule has 1 aromatic carbocycles. The number of hydrogen-bond acceptors (Lipinski definition) is 9. The number of morpholine rings is 1. The number of nitro benzene ring substituents is 1. The molecule has 1 aliphatic rings. The maximum Gasteiger partial charge on any atom is 0.395 e. The van der Waals surface area contributed by atoms with Gasteiger partial charge in [-0.05, 0) is 17.7 Å². The van der Waals surface area contributed by atoms with Gasteiger partial charge in [0.1, 0.15) is 11.5 Å². The summed E-state index contributed by atoms with van der Waals surface area (Å²) < 4.78 is 5.25. The SMILES string of the molecule is O=c1[nH]c(/C=C/c2ccc(N3CCOCC3)c([N+](=O)[O-])c2)nc(O)c1[N+](=O)[O-]. The average molecular weight is 389 g/mol. The fourth-order valence-corrected chi connectivity index (χ4v) is 2.75. The van der Waals surface area contributed by atoms with Crippen molar-refractivity contribution in [2.45, 2.75) is 0 Å². The summed E-state index contributed by atoms with van der Waals surface area (Å²) in [6.07, 6.45) is 2.71. The number of aromatic amines is 1. The van der Waals surface area contributed by atoms with Crippen molar-refractivity contribution in [2.75, 3.05) is 31.2 Å². The van der Waals surface area contributed by atoms with Gasteiger partial charge in [0.05, 0.1) is 23.1 Å². The minimum absolute atomic E-state index is 0.0861. The second-order valence-corrected chi connectivity index (χ2v) is 5.82. The van der Waals surface area contributed by atoms with Crippen LogP contribution in [0.2, 0.25) is 0 Å². The van der Waals surface area contributed by atoms with Crippen LogP contribution in [0.4, 0.5) is 17.1 Å². The van der Waals surface area contributed by atoms with Crippen LogP contribution in [-0.4, -0.2) is 51.2 Å². The molecule has 12 nitrogen and oxygen atoms in total. The van der Waals surface area contributed by atoms with E-state index >= 15 is 0 Å². The Morgan fingerprint density at radius 2 is 1.89 bits per heavy atom. The summed E-state index contributed by atoms with van der Waals surface area (Å²) >= 11 is 0. The predicted molar refractivity (Wildman–Crippen MR) is 98.2 cm³/mol. The summed E-state index contributed by atoms with van der Waals surface area (Å²) in [5.74, 6) is -1.14. The molecule has 28 heavy (non-hydrogen) atoms. The van der Waals surface area contributed by atoms with Crippen molar-refractivity contribution in [1.82, 2.24) is 9.97 Å². The number of H-pyrrole nitrogens is 1. The molecule has 0 amide bonds. The van der Waals surface area contributed by atoms with Gasteiger partial charge in [0.2, 0.25) is 0 Å². The lowest BCUT2D eigenvalue weighted by atomic mass is 10.1. The van der Waals surface area contributed by atoms with Gasteiger partial charge in [-0.3, -0.25) is 25.0 Å². The zero-order valence-electron chi connectivity index (χ0n) is 14.4. The third kappa shape index (κ3) is 3.96. The predicted octanol–water partition coefficient (Wildman–Crippen LogP) is 1.30. The molecule has 3 rings (SSSR count). The molecular formula is C16H15N5O7. The summed E-state index contributed by atoms with van der Waals surface area (Å²) in [5, 5.41) is 31.7. The van der Waals surface area contributed by atoms with Crippen LogP contribution >= 0.6 is 0 Å². The Hall–Kier alpha value is -3.80. The Morgan fingerprint density at radius 3 is 2.50 bits per heavy atom. The molecule has 1 saturated heterocycles. The van der Waals surface area contributed by atoms with Gasteiger partial charge in [0.25, 0.3) is 11.6 Å². The quantitative estimate of drug-likeness (QED) is 0.566. The number of nitro groups is 2. The van der Waals surface area contributed by atoms with Crippen LogP contribution in [0.1, 0.15) is 11.4 Å². The van der Waals surface area contributed by atoms with E-state index in [-0.39, 0.29) is 11.5 Å². The molecule has 0 saturated carbocycles. The molecule has 0 radical (unpaired) electrons. The first-order valence-electron chi connectivity index (χ1n) is 8.13. The Balaban J connectivity index is 1.90. The van der Waals surface area contributed by atoms with Crippen LogP contribution in [0.25, 0.3) is 12.2 Å². The van der Waals surface area contributed by atoms with Gasteiger partial charge < -0.3 is 19.7 Å². The molecule has 12 heteroatoms. The molecule has 1 aliphatic heterocycles. The number of hydrogen-bond donors (Lipinski definition) is 2. The molecule has 2 heterocycles. The van der Waals surface area contributed by atoms with Crippen LogP contribution in [0.15, 0.2) is 23.0 Å². The molecule has 1 aromatic heterocycles. The Labute approximate surface area is 157 Å². The third-order valence-corrected chi connectivity index (χ3v) is 4.06. The van der Waals surface area contributed by atoms with Gasteiger partial charge in [-0.15, -0.1) is 0 Å². The van der Waals surface area contributed by atoms with E-state index in [0.29, 0.717) is 37.6 Å². The molecule has 146 valence electrons. The van der Waals surface area contributed by atoms with E-state index in [1.165, 1.54) is 18.2 Å². The van der Waals surface area contributed by atoms with Gasteiger partial charge in [-0.1, -0.05) is 12.1 Å². The van der Waals surface area contributed by atoms with Crippen molar-refractivity contribution in [1.29, 1.82) is 0 Å². The standard InChI is InChI=1S/C16H15N5O7/c22-15-14(21(26)27)16(23)18-13(17-15)4-2-10-1-3-11(12(9-10)20(24)25)19-5-7-28-8-6-19/h1-4,9H,5-8H2,(H2,17,18,22,23)/b4-2+. The fourth-order valence-electron chi connectivity index (χ4n) is 2.75. The van der Waals surface area contributed by atoms with Gasteiger partial charge >= 0.3 is 11.2 Å². The topological polar surface area (TPSA) is 165 Å².